The van der Waals surface area contributed by atoms with Gasteiger partial charge in [0.2, 0.25) is 0 Å². The van der Waals surface area contributed by atoms with Crippen LogP contribution in [0.5, 0.6) is 0 Å². The first-order valence-corrected chi connectivity index (χ1v) is 7.56. The van der Waals surface area contributed by atoms with Gasteiger partial charge in [-0.05, 0) is 50.9 Å². The molecule has 0 radical (unpaired) electrons. The third-order valence-electron chi connectivity index (χ3n) is 4.22. The zero-order chi connectivity index (χ0) is 13.9. The van der Waals surface area contributed by atoms with Crippen molar-refractivity contribution in [3.8, 4) is 0 Å². The maximum Gasteiger partial charge on any atom is 0.126 e. The number of anilines is 1. The van der Waals surface area contributed by atoms with Crippen molar-refractivity contribution in [1.29, 1.82) is 0 Å². The molecule has 20 heavy (non-hydrogen) atoms. The Balaban J connectivity index is 1.60. The molecule has 0 bridgehead atoms. The average molecular weight is 269 g/mol. The van der Waals surface area contributed by atoms with Crippen LogP contribution >= 0.6 is 0 Å². The van der Waals surface area contributed by atoms with E-state index in [0.29, 0.717) is 6.04 Å². The van der Waals surface area contributed by atoms with Crippen LogP contribution in [0.15, 0.2) is 36.4 Å². The molecule has 1 aliphatic rings. The molecule has 1 atom stereocenters. The zero-order valence-electron chi connectivity index (χ0n) is 12.3. The van der Waals surface area contributed by atoms with E-state index in [1.54, 1.807) is 0 Å². The molecule has 1 unspecified atom stereocenters. The summed E-state index contributed by atoms with van der Waals surface area (Å²) in [4.78, 5) is 7.22. The van der Waals surface area contributed by atoms with Crippen LogP contribution in [0.3, 0.4) is 0 Å². The lowest BCUT2D eigenvalue weighted by Crippen LogP contribution is -2.29. The number of para-hydroxylation sites is 1. The van der Waals surface area contributed by atoms with E-state index in [4.69, 9.17) is 0 Å². The van der Waals surface area contributed by atoms with E-state index in [0.717, 1.165) is 23.8 Å². The average Bonchev–Trinajstić information content (AvgIpc) is 2.94. The van der Waals surface area contributed by atoms with E-state index in [2.05, 4.69) is 59.4 Å². The van der Waals surface area contributed by atoms with Crippen molar-refractivity contribution in [2.75, 3.05) is 25.0 Å². The first-order chi connectivity index (χ1) is 9.72. The Bertz CT molecular complexity index is 579. The zero-order valence-corrected chi connectivity index (χ0v) is 12.3. The molecule has 2 heterocycles. The molecule has 1 aromatic heterocycles. The van der Waals surface area contributed by atoms with Gasteiger partial charge in [-0.25, -0.2) is 4.98 Å². The van der Waals surface area contributed by atoms with E-state index < -0.39 is 0 Å². The maximum absolute atomic E-state index is 4.67. The van der Waals surface area contributed by atoms with Gasteiger partial charge in [-0.3, -0.25) is 0 Å². The highest BCUT2D eigenvalue weighted by Crippen LogP contribution is 2.20. The minimum atomic E-state index is 0.666. The molecule has 106 valence electrons. The van der Waals surface area contributed by atoms with Gasteiger partial charge in [-0.2, -0.15) is 0 Å². The smallest absolute Gasteiger partial charge is 0.126 e. The first-order valence-electron chi connectivity index (χ1n) is 7.56. The number of rotatable bonds is 4. The number of pyridine rings is 1. The van der Waals surface area contributed by atoms with E-state index in [-0.39, 0.29) is 0 Å². The van der Waals surface area contributed by atoms with Crippen LogP contribution in [-0.2, 0) is 0 Å². The summed E-state index contributed by atoms with van der Waals surface area (Å²) in [7, 11) is 0. The molecule has 0 saturated carbocycles. The lowest BCUT2D eigenvalue weighted by atomic mass is 10.1. The summed E-state index contributed by atoms with van der Waals surface area (Å²) in [6, 6.07) is 13.1. The molecule has 0 aliphatic carbocycles. The summed E-state index contributed by atoms with van der Waals surface area (Å²) in [5.74, 6) is 1.73. The molecular formula is C17H23N3. The Labute approximate surface area is 121 Å². The molecule has 0 amide bonds. The van der Waals surface area contributed by atoms with Crippen molar-refractivity contribution in [3.05, 3.63) is 36.4 Å². The van der Waals surface area contributed by atoms with E-state index in [1.807, 2.05) is 6.07 Å². The number of benzene rings is 1. The van der Waals surface area contributed by atoms with Crippen LogP contribution in [0.25, 0.3) is 10.9 Å². The minimum Gasteiger partial charge on any atom is -0.370 e. The van der Waals surface area contributed by atoms with Gasteiger partial charge in [0.25, 0.3) is 0 Å². The molecule has 1 fully saturated rings. The van der Waals surface area contributed by atoms with Crippen molar-refractivity contribution in [2.24, 2.45) is 5.92 Å². The second kappa shape index (κ2) is 5.80. The summed E-state index contributed by atoms with van der Waals surface area (Å²) < 4.78 is 0. The van der Waals surface area contributed by atoms with Crippen molar-refractivity contribution >= 4 is 16.7 Å². The van der Waals surface area contributed by atoms with Gasteiger partial charge in [0, 0.05) is 24.5 Å². The van der Waals surface area contributed by atoms with Crippen LogP contribution in [-0.4, -0.2) is 35.6 Å². The highest BCUT2D eigenvalue weighted by molar-refractivity contribution is 5.79. The molecular weight excluding hydrogens is 246 g/mol. The maximum atomic E-state index is 4.67. The van der Waals surface area contributed by atoms with Gasteiger partial charge in [-0.15, -0.1) is 0 Å². The van der Waals surface area contributed by atoms with Crippen LogP contribution in [0.4, 0.5) is 5.82 Å². The molecule has 2 aromatic rings. The van der Waals surface area contributed by atoms with Crippen LogP contribution in [0.1, 0.15) is 20.3 Å². The number of aromatic nitrogens is 1. The molecule has 1 saturated heterocycles. The fraction of sp³-hybridized carbons (Fsp3) is 0.471. The Hall–Kier alpha value is -1.61. The molecule has 3 nitrogen and oxygen atoms in total. The van der Waals surface area contributed by atoms with Crippen molar-refractivity contribution in [1.82, 2.24) is 9.88 Å². The number of hydrogen-bond donors (Lipinski definition) is 1. The first kappa shape index (κ1) is 13.4. The quantitative estimate of drug-likeness (QED) is 0.922. The fourth-order valence-corrected chi connectivity index (χ4v) is 2.91. The van der Waals surface area contributed by atoms with E-state index in [1.165, 1.54) is 24.9 Å². The Morgan fingerprint density at radius 2 is 2.10 bits per heavy atom. The van der Waals surface area contributed by atoms with Crippen LogP contribution in [0, 0.1) is 5.92 Å². The standard InChI is InChI=1S/C17H23N3/c1-13(2)20-10-9-14(12-20)11-18-17-8-7-15-5-3-4-6-16(15)19-17/h3-8,13-14H,9-12H2,1-2H3,(H,18,19). The van der Waals surface area contributed by atoms with Crippen molar-refractivity contribution in [3.63, 3.8) is 0 Å². The Morgan fingerprint density at radius 1 is 1.25 bits per heavy atom. The minimum absolute atomic E-state index is 0.666. The topological polar surface area (TPSA) is 28.2 Å². The number of hydrogen-bond acceptors (Lipinski definition) is 3. The Kier molecular flexibility index (Phi) is 3.88. The van der Waals surface area contributed by atoms with Gasteiger partial charge in [0.15, 0.2) is 0 Å². The molecule has 1 aromatic carbocycles. The van der Waals surface area contributed by atoms with Crippen molar-refractivity contribution < 1.29 is 0 Å². The second-order valence-electron chi connectivity index (χ2n) is 6.01. The van der Waals surface area contributed by atoms with E-state index in [9.17, 15) is 0 Å². The predicted octanol–water partition coefficient (Wildman–Crippen LogP) is 3.38. The SMILES string of the molecule is CC(C)N1CCC(CNc2ccc3ccccc3n2)C1. The van der Waals surface area contributed by atoms with Gasteiger partial charge >= 0.3 is 0 Å². The van der Waals surface area contributed by atoms with Gasteiger partial charge in [-0.1, -0.05) is 18.2 Å². The number of nitrogens with one attached hydrogen (secondary N) is 1. The highest BCUT2D eigenvalue weighted by Gasteiger charge is 2.23. The lowest BCUT2D eigenvalue weighted by Gasteiger charge is -2.20. The summed E-state index contributed by atoms with van der Waals surface area (Å²) in [6.45, 7) is 8.02. The van der Waals surface area contributed by atoms with Crippen LogP contribution in [0.2, 0.25) is 0 Å². The second-order valence-corrected chi connectivity index (χ2v) is 6.01. The summed E-state index contributed by atoms with van der Waals surface area (Å²) >= 11 is 0. The lowest BCUT2D eigenvalue weighted by molar-refractivity contribution is 0.266. The van der Waals surface area contributed by atoms with Gasteiger partial charge < -0.3 is 10.2 Å². The summed E-state index contributed by atoms with van der Waals surface area (Å²) in [5.41, 5.74) is 1.06. The molecule has 0 spiro atoms. The highest BCUT2D eigenvalue weighted by atomic mass is 15.2. The summed E-state index contributed by atoms with van der Waals surface area (Å²) in [6.07, 6.45) is 1.29. The summed E-state index contributed by atoms with van der Waals surface area (Å²) in [5, 5.41) is 4.70. The Morgan fingerprint density at radius 3 is 2.90 bits per heavy atom. The molecule has 1 N–H and O–H groups in total. The van der Waals surface area contributed by atoms with Gasteiger partial charge in [0.1, 0.15) is 5.82 Å². The third-order valence-corrected chi connectivity index (χ3v) is 4.22. The number of fused-ring (bicyclic) bond motifs is 1. The monoisotopic (exact) mass is 269 g/mol. The number of likely N-dealkylation sites (tertiary alicyclic amines) is 1. The normalized spacial score (nSPS) is 19.9. The number of nitrogens with zero attached hydrogens (tertiary/aromatic N) is 2. The molecule has 3 rings (SSSR count). The van der Waals surface area contributed by atoms with E-state index >= 15 is 0 Å². The van der Waals surface area contributed by atoms with Crippen LogP contribution < -0.4 is 5.32 Å². The largest absolute Gasteiger partial charge is 0.370 e. The van der Waals surface area contributed by atoms with Crippen molar-refractivity contribution in [2.45, 2.75) is 26.3 Å². The van der Waals surface area contributed by atoms with Gasteiger partial charge in [0.05, 0.1) is 5.52 Å². The molecule has 3 heteroatoms. The fourth-order valence-electron chi connectivity index (χ4n) is 2.91. The molecule has 1 aliphatic heterocycles. The predicted molar refractivity (Wildman–Crippen MR) is 85.0 cm³/mol. The third kappa shape index (κ3) is 2.93.